The Morgan fingerprint density at radius 3 is 2.59 bits per heavy atom. The van der Waals surface area contributed by atoms with E-state index in [-0.39, 0.29) is 11.3 Å². The number of para-hydroxylation sites is 2. The highest BCUT2D eigenvalue weighted by Gasteiger charge is 2.17. The molecule has 0 aliphatic heterocycles. The van der Waals surface area contributed by atoms with Crippen LogP contribution in [0.5, 0.6) is 5.75 Å². The lowest BCUT2D eigenvalue weighted by molar-refractivity contribution is -0.0501. The maximum atomic E-state index is 12.4. The van der Waals surface area contributed by atoms with Crippen LogP contribution in [0.4, 0.5) is 14.5 Å². The molecule has 3 nitrogen and oxygen atoms in total. The van der Waals surface area contributed by atoms with Crippen molar-refractivity contribution in [3.63, 3.8) is 0 Å². The van der Waals surface area contributed by atoms with Gasteiger partial charge in [-0.2, -0.15) is 8.78 Å². The largest absolute Gasteiger partial charge is 0.434 e. The SMILES string of the molecule is CCc1cccc(C)c1NC(=O)c1ccccc1OC(F)F. The van der Waals surface area contributed by atoms with Crippen molar-refractivity contribution in [3.05, 3.63) is 59.2 Å². The third-order valence-corrected chi connectivity index (χ3v) is 3.33. The van der Waals surface area contributed by atoms with Gasteiger partial charge in [-0.25, -0.2) is 0 Å². The minimum Gasteiger partial charge on any atom is -0.434 e. The fourth-order valence-corrected chi connectivity index (χ4v) is 2.24. The normalized spacial score (nSPS) is 10.6. The standard InChI is InChI=1S/C17H17F2NO2/c1-3-12-8-6-7-11(2)15(12)20-16(21)13-9-4-5-10-14(13)22-17(18)19/h4-10,17H,3H2,1-2H3,(H,20,21). The molecule has 0 saturated carbocycles. The predicted molar refractivity (Wildman–Crippen MR) is 81.6 cm³/mol. The number of hydrogen-bond acceptors (Lipinski definition) is 2. The number of nitrogens with one attached hydrogen (secondary N) is 1. The molecule has 1 amide bonds. The number of aryl methyl sites for hydroxylation is 2. The Labute approximate surface area is 127 Å². The first-order valence-electron chi connectivity index (χ1n) is 6.96. The van der Waals surface area contributed by atoms with E-state index >= 15 is 0 Å². The van der Waals surface area contributed by atoms with Crippen molar-refractivity contribution in [2.45, 2.75) is 26.9 Å². The summed E-state index contributed by atoms with van der Waals surface area (Å²) in [6.45, 7) is 0.896. The Kier molecular flexibility index (Phi) is 5.09. The topological polar surface area (TPSA) is 38.3 Å². The molecular formula is C17H17F2NO2. The van der Waals surface area contributed by atoms with Gasteiger partial charge in [0.2, 0.25) is 0 Å². The lowest BCUT2D eigenvalue weighted by atomic mass is 10.1. The van der Waals surface area contributed by atoms with E-state index < -0.39 is 12.5 Å². The van der Waals surface area contributed by atoms with E-state index in [0.717, 1.165) is 17.5 Å². The van der Waals surface area contributed by atoms with Gasteiger partial charge in [-0.15, -0.1) is 0 Å². The molecule has 2 rings (SSSR count). The second kappa shape index (κ2) is 7.02. The van der Waals surface area contributed by atoms with E-state index in [2.05, 4.69) is 10.1 Å². The second-order valence-electron chi connectivity index (χ2n) is 4.79. The first-order valence-corrected chi connectivity index (χ1v) is 6.96. The van der Waals surface area contributed by atoms with E-state index in [1.807, 2.05) is 32.0 Å². The van der Waals surface area contributed by atoms with Crippen LogP contribution in [-0.2, 0) is 6.42 Å². The summed E-state index contributed by atoms with van der Waals surface area (Å²) in [5, 5.41) is 2.80. The molecule has 2 aromatic carbocycles. The van der Waals surface area contributed by atoms with Crippen molar-refractivity contribution in [2.24, 2.45) is 0 Å². The Hall–Kier alpha value is -2.43. The summed E-state index contributed by atoms with van der Waals surface area (Å²) in [5.41, 5.74) is 2.69. The molecule has 0 atom stereocenters. The monoisotopic (exact) mass is 305 g/mol. The van der Waals surface area contributed by atoms with Crippen molar-refractivity contribution in [3.8, 4) is 5.75 Å². The molecule has 2 aromatic rings. The summed E-state index contributed by atoms with van der Waals surface area (Å²) >= 11 is 0. The summed E-state index contributed by atoms with van der Waals surface area (Å²) in [7, 11) is 0. The van der Waals surface area contributed by atoms with Crippen LogP contribution in [0.3, 0.4) is 0 Å². The molecule has 0 saturated heterocycles. The number of carbonyl (C=O) groups excluding carboxylic acids is 1. The van der Waals surface area contributed by atoms with Gasteiger partial charge in [0.05, 0.1) is 5.56 Å². The highest BCUT2D eigenvalue weighted by Crippen LogP contribution is 2.25. The molecule has 22 heavy (non-hydrogen) atoms. The van der Waals surface area contributed by atoms with E-state index in [0.29, 0.717) is 5.69 Å². The lowest BCUT2D eigenvalue weighted by Gasteiger charge is -2.15. The van der Waals surface area contributed by atoms with Crippen molar-refractivity contribution < 1.29 is 18.3 Å². The molecule has 0 aliphatic rings. The molecular weight excluding hydrogens is 288 g/mol. The van der Waals surface area contributed by atoms with E-state index in [9.17, 15) is 13.6 Å². The van der Waals surface area contributed by atoms with Crippen molar-refractivity contribution in [2.75, 3.05) is 5.32 Å². The van der Waals surface area contributed by atoms with Crippen LogP contribution < -0.4 is 10.1 Å². The van der Waals surface area contributed by atoms with E-state index in [4.69, 9.17) is 0 Å². The van der Waals surface area contributed by atoms with Gasteiger partial charge in [-0.3, -0.25) is 4.79 Å². The van der Waals surface area contributed by atoms with Crippen LogP contribution in [0.1, 0.15) is 28.4 Å². The van der Waals surface area contributed by atoms with E-state index in [1.165, 1.54) is 12.1 Å². The number of ether oxygens (including phenoxy) is 1. The van der Waals surface area contributed by atoms with Crippen LogP contribution in [0.2, 0.25) is 0 Å². The van der Waals surface area contributed by atoms with Crippen LogP contribution in [0.25, 0.3) is 0 Å². The minimum absolute atomic E-state index is 0.0770. The number of halogens is 2. The fraction of sp³-hybridized carbons (Fsp3) is 0.235. The molecule has 116 valence electrons. The molecule has 0 spiro atoms. The lowest BCUT2D eigenvalue weighted by Crippen LogP contribution is -2.16. The van der Waals surface area contributed by atoms with Crippen LogP contribution in [0, 0.1) is 6.92 Å². The van der Waals surface area contributed by atoms with Gasteiger partial charge in [0.15, 0.2) is 0 Å². The highest BCUT2D eigenvalue weighted by molar-refractivity contribution is 6.06. The number of alkyl halides is 2. The molecule has 0 aliphatic carbocycles. The van der Waals surface area contributed by atoms with Crippen LogP contribution >= 0.6 is 0 Å². The molecule has 0 radical (unpaired) electrons. The zero-order chi connectivity index (χ0) is 16.1. The summed E-state index contributed by atoms with van der Waals surface area (Å²) in [6, 6.07) is 11.7. The van der Waals surface area contributed by atoms with Gasteiger partial charge < -0.3 is 10.1 Å². The number of anilines is 1. The Morgan fingerprint density at radius 2 is 1.91 bits per heavy atom. The number of hydrogen-bond donors (Lipinski definition) is 1. The van der Waals surface area contributed by atoms with Gasteiger partial charge >= 0.3 is 6.61 Å². The average molecular weight is 305 g/mol. The summed E-state index contributed by atoms with van der Waals surface area (Å²) < 4.78 is 29.2. The van der Waals surface area contributed by atoms with Crippen molar-refractivity contribution >= 4 is 11.6 Å². The molecule has 0 aromatic heterocycles. The first-order chi connectivity index (χ1) is 10.5. The first kappa shape index (κ1) is 15.9. The van der Waals surface area contributed by atoms with Gasteiger partial charge in [-0.1, -0.05) is 37.3 Å². The Morgan fingerprint density at radius 1 is 1.18 bits per heavy atom. The van der Waals surface area contributed by atoms with Crippen molar-refractivity contribution in [1.29, 1.82) is 0 Å². The quantitative estimate of drug-likeness (QED) is 0.888. The smallest absolute Gasteiger partial charge is 0.387 e. The number of benzene rings is 2. The second-order valence-corrected chi connectivity index (χ2v) is 4.79. The molecule has 5 heteroatoms. The predicted octanol–water partition coefficient (Wildman–Crippen LogP) is 4.41. The maximum absolute atomic E-state index is 12.4. The summed E-state index contributed by atoms with van der Waals surface area (Å²) in [4.78, 5) is 12.4. The average Bonchev–Trinajstić information content (AvgIpc) is 2.49. The van der Waals surface area contributed by atoms with Crippen LogP contribution in [0.15, 0.2) is 42.5 Å². The number of rotatable bonds is 5. The summed E-state index contributed by atoms with van der Waals surface area (Å²) in [5.74, 6) is -0.609. The number of amides is 1. The van der Waals surface area contributed by atoms with Crippen LogP contribution in [-0.4, -0.2) is 12.5 Å². The van der Waals surface area contributed by atoms with E-state index in [1.54, 1.807) is 12.1 Å². The Balaban J connectivity index is 2.31. The third kappa shape index (κ3) is 3.61. The molecule has 0 fully saturated rings. The molecule has 0 heterocycles. The van der Waals surface area contributed by atoms with Gasteiger partial charge in [0.1, 0.15) is 5.75 Å². The fourth-order valence-electron chi connectivity index (χ4n) is 2.24. The number of carbonyl (C=O) groups is 1. The molecule has 0 bridgehead atoms. The highest BCUT2D eigenvalue weighted by atomic mass is 19.3. The Bertz CT molecular complexity index is 671. The maximum Gasteiger partial charge on any atom is 0.387 e. The minimum atomic E-state index is -2.97. The zero-order valence-corrected chi connectivity index (χ0v) is 12.4. The third-order valence-electron chi connectivity index (χ3n) is 3.33. The van der Waals surface area contributed by atoms with Crippen molar-refractivity contribution in [1.82, 2.24) is 0 Å². The summed E-state index contributed by atoms with van der Waals surface area (Å²) in [6.07, 6.45) is 0.756. The zero-order valence-electron chi connectivity index (χ0n) is 12.4. The van der Waals surface area contributed by atoms with Gasteiger partial charge in [-0.05, 0) is 36.6 Å². The molecule has 0 unspecified atom stereocenters. The molecule has 1 N–H and O–H groups in total. The van der Waals surface area contributed by atoms with Gasteiger partial charge in [0.25, 0.3) is 5.91 Å². The van der Waals surface area contributed by atoms with Gasteiger partial charge in [0, 0.05) is 5.69 Å².